The summed E-state index contributed by atoms with van der Waals surface area (Å²) >= 11 is 6.23. The smallest absolute Gasteiger partial charge is 0.238 e. The molecule has 7 nitrogen and oxygen atoms in total. The quantitative estimate of drug-likeness (QED) is 0.578. The molecule has 0 radical (unpaired) electrons. The van der Waals surface area contributed by atoms with Crippen molar-refractivity contribution in [2.24, 2.45) is 0 Å². The van der Waals surface area contributed by atoms with Crippen molar-refractivity contribution >= 4 is 43.9 Å². The van der Waals surface area contributed by atoms with Gasteiger partial charge in [-0.2, -0.15) is 0 Å². The highest BCUT2D eigenvalue weighted by Gasteiger charge is 2.51. The SMILES string of the molecule is CS(=O)(=O)CCCn1c(CN2C(=O)C3(CCNCC3)c3ccncc32)cc2cc(Cl)ccc21. The number of sulfone groups is 1. The van der Waals surface area contributed by atoms with E-state index < -0.39 is 15.3 Å². The molecule has 174 valence electrons. The Bertz CT molecular complexity index is 1330. The predicted molar refractivity (Wildman–Crippen MR) is 130 cm³/mol. The van der Waals surface area contributed by atoms with Crippen LogP contribution in [0.5, 0.6) is 0 Å². The van der Waals surface area contributed by atoms with Crippen molar-refractivity contribution in [2.75, 3.05) is 30.0 Å². The van der Waals surface area contributed by atoms with E-state index >= 15 is 0 Å². The molecule has 0 unspecified atom stereocenters. The second kappa shape index (κ2) is 8.42. The van der Waals surface area contributed by atoms with Gasteiger partial charge in [0, 0.05) is 40.6 Å². The lowest BCUT2D eigenvalue weighted by molar-refractivity contribution is -0.124. The largest absolute Gasteiger partial charge is 0.343 e. The van der Waals surface area contributed by atoms with Gasteiger partial charge in [0.25, 0.3) is 0 Å². The van der Waals surface area contributed by atoms with Crippen LogP contribution >= 0.6 is 11.6 Å². The van der Waals surface area contributed by atoms with Gasteiger partial charge in [-0.25, -0.2) is 8.42 Å². The Hall–Kier alpha value is -2.42. The molecular formula is C24H27ClN4O3S. The molecule has 9 heteroatoms. The van der Waals surface area contributed by atoms with Crippen LogP contribution in [0.25, 0.3) is 10.9 Å². The number of aromatic nitrogens is 2. The standard InChI is InChI=1S/C24H27ClN4O3S/c1-33(31,32)12-2-11-28-19(14-17-13-18(25)3-4-21(17)28)16-29-22-15-27-8-5-20(22)24(23(29)30)6-9-26-10-7-24/h3-5,8,13-15,26H,2,6-7,9-12,16H2,1H3. The van der Waals surface area contributed by atoms with Gasteiger partial charge in [-0.3, -0.25) is 9.78 Å². The maximum Gasteiger partial charge on any atom is 0.238 e. The summed E-state index contributed by atoms with van der Waals surface area (Å²) in [6.07, 6.45) is 6.85. The fraction of sp³-hybridized carbons (Fsp3) is 0.417. The third kappa shape index (κ3) is 4.05. The normalized spacial score (nSPS) is 17.8. The summed E-state index contributed by atoms with van der Waals surface area (Å²) in [6, 6.07) is 9.74. The van der Waals surface area contributed by atoms with Gasteiger partial charge in [0.15, 0.2) is 0 Å². The maximum atomic E-state index is 13.8. The van der Waals surface area contributed by atoms with Crippen LogP contribution in [0.15, 0.2) is 42.7 Å². The van der Waals surface area contributed by atoms with Crippen molar-refractivity contribution in [2.45, 2.75) is 37.8 Å². The minimum absolute atomic E-state index is 0.116. The first-order valence-corrected chi connectivity index (χ1v) is 13.6. The van der Waals surface area contributed by atoms with Crippen molar-refractivity contribution in [3.05, 3.63) is 59.0 Å². The molecule has 33 heavy (non-hydrogen) atoms. The van der Waals surface area contributed by atoms with Crippen molar-refractivity contribution in [1.29, 1.82) is 0 Å². The van der Waals surface area contributed by atoms with E-state index in [0.717, 1.165) is 53.8 Å². The molecule has 0 bridgehead atoms. The molecule has 1 N–H and O–H groups in total. The second-order valence-corrected chi connectivity index (χ2v) is 11.8. The number of carbonyl (C=O) groups excluding carboxylic acids is 1. The third-order valence-corrected chi connectivity index (χ3v) is 8.15. The second-order valence-electron chi connectivity index (χ2n) is 9.09. The van der Waals surface area contributed by atoms with Crippen molar-refractivity contribution < 1.29 is 13.2 Å². The van der Waals surface area contributed by atoms with Crippen molar-refractivity contribution in [3.8, 4) is 0 Å². The molecule has 0 atom stereocenters. The van der Waals surface area contributed by atoms with E-state index in [1.165, 1.54) is 6.26 Å². The van der Waals surface area contributed by atoms with Crippen molar-refractivity contribution in [3.63, 3.8) is 0 Å². The summed E-state index contributed by atoms with van der Waals surface area (Å²) in [5.74, 6) is 0.239. The lowest BCUT2D eigenvalue weighted by Gasteiger charge is -2.33. The Kier molecular flexibility index (Phi) is 5.71. The molecule has 2 aliphatic rings. The number of halogens is 1. The van der Waals surface area contributed by atoms with E-state index in [-0.39, 0.29) is 11.7 Å². The number of hydrogen-bond acceptors (Lipinski definition) is 5. The van der Waals surface area contributed by atoms with Crippen LogP contribution in [0.3, 0.4) is 0 Å². The van der Waals surface area contributed by atoms with Crippen LogP contribution in [0.1, 0.15) is 30.5 Å². The molecule has 0 saturated carbocycles. The van der Waals surface area contributed by atoms with Gasteiger partial charge in [-0.1, -0.05) is 11.6 Å². The van der Waals surface area contributed by atoms with Crippen molar-refractivity contribution in [1.82, 2.24) is 14.9 Å². The summed E-state index contributed by atoms with van der Waals surface area (Å²) < 4.78 is 25.5. The fourth-order valence-electron chi connectivity index (χ4n) is 5.32. The topological polar surface area (TPSA) is 84.3 Å². The number of rotatable bonds is 6. The lowest BCUT2D eigenvalue weighted by Crippen LogP contribution is -2.47. The molecule has 1 saturated heterocycles. The van der Waals surface area contributed by atoms with Crippen LogP contribution < -0.4 is 10.2 Å². The van der Waals surface area contributed by atoms with Gasteiger partial charge in [0.1, 0.15) is 9.84 Å². The average molecular weight is 487 g/mol. The van der Waals surface area contributed by atoms with Gasteiger partial charge in [0.05, 0.1) is 29.6 Å². The number of hydrogen-bond donors (Lipinski definition) is 1. The van der Waals surface area contributed by atoms with Gasteiger partial charge in [0.2, 0.25) is 5.91 Å². The van der Waals surface area contributed by atoms with E-state index in [1.807, 2.05) is 29.2 Å². The lowest BCUT2D eigenvalue weighted by atomic mass is 9.74. The number of nitrogens with zero attached hydrogens (tertiary/aromatic N) is 3. The number of benzene rings is 1. The first-order valence-electron chi connectivity index (χ1n) is 11.2. The van der Waals surface area contributed by atoms with E-state index in [0.29, 0.717) is 24.5 Å². The number of aryl methyl sites for hydroxylation is 1. The Labute approximate surface area is 198 Å². The Morgan fingerprint density at radius 2 is 1.97 bits per heavy atom. The predicted octanol–water partition coefficient (Wildman–Crippen LogP) is 3.29. The number of amides is 1. The van der Waals surface area contributed by atoms with Crippen LogP contribution in [0.4, 0.5) is 5.69 Å². The monoisotopic (exact) mass is 486 g/mol. The van der Waals surface area contributed by atoms with Gasteiger partial charge < -0.3 is 14.8 Å². The zero-order valence-corrected chi connectivity index (χ0v) is 20.1. The molecule has 1 amide bonds. The highest BCUT2D eigenvalue weighted by atomic mass is 35.5. The van der Waals surface area contributed by atoms with Gasteiger partial charge in [-0.05, 0) is 68.2 Å². The Balaban J connectivity index is 1.53. The molecule has 2 aliphatic heterocycles. The highest BCUT2D eigenvalue weighted by Crippen LogP contribution is 2.47. The summed E-state index contributed by atoms with van der Waals surface area (Å²) in [7, 11) is -3.05. The molecule has 1 aromatic carbocycles. The number of anilines is 1. The van der Waals surface area contributed by atoms with Crippen LogP contribution in [-0.2, 0) is 33.1 Å². The minimum Gasteiger partial charge on any atom is -0.343 e. The summed E-state index contributed by atoms with van der Waals surface area (Å²) in [6.45, 7) is 2.57. The summed E-state index contributed by atoms with van der Waals surface area (Å²) in [5.41, 5.74) is 3.37. The van der Waals surface area contributed by atoms with Gasteiger partial charge >= 0.3 is 0 Å². The molecule has 3 aromatic rings. The van der Waals surface area contributed by atoms with Crippen LogP contribution in [0, 0.1) is 0 Å². The van der Waals surface area contributed by atoms with Gasteiger partial charge in [-0.15, -0.1) is 0 Å². The third-order valence-electron chi connectivity index (χ3n) is 6.88. The number of piperidine rings is 1. The first kappa shape index (κ1) is 22.4. The number of fused-ring (bicyclic) bond motifs is 3. The molecular weight excluding hydrogens is 460 g/mol. The van der Waals surface area contributed by atoms with E-state index in [2.05, 4.69) is 20.9 Å². The average Bonchev–Trinajstić information content (AvgIpc) is 3.22. The van der Waals surface area contributed by atoms with E-state index in [4.69, 9.17) is 11.6 Å². The van der Waals surface area contributed by atoms with Crippen LogP contribution in [0.2, 0.25) is 5.02 Å². The zero-order chi connectivity index (χ0) is 23.2. The zero-order valence-electron chi connectivity index (χ0n) is 18.6. The van der Waals surface area contributed by atoms with Crippen LogP contribution in [-0.4, -0.2) is 49.0 Å². The molecule has 0 aliphatic carbocycles. The van der Waals surface area contributed by atoms with E-state index in [1.54, 1.807) is 12.4 Å². The molecule has 4 heterocycles. The maximum absolute atomic E-state index is 13.8. The fourth-order valence-corrected chi connectivity index (χ4v) is 6.16. The number of carbonyl (C=O) groups is 1. The Morgan fingerprint density at radius 1 is 1.18 bits per heavy atom. The highest BCUT2D eigenvalue weighted by molar-refractivity contribution is 7.90. The number of pyridine rings is 1. The molecule has 1 fully saturated rings. The molecule has 2 aromatic heterocycles. The Morgan fingerprint density at radius 3 is 2.73 bits per heavy atom. The first-order chi connectivity index (χ1) is 15.8. The summed E-state index contributed by atoms with van der Waals surface area (Å²) in [5, 5.41) is 4.99. The van der Waals surface area contributed by atoms with E-state index in [9.17, 15) is 13.2 Å². The molecule has 1 spiro atoms. The minimum atomic E-state index is -3.05. The molecule has 5 rings (SSSR count). The summed E-state index contributed by atoms with van der Waals surface area (Å²) in [4.78, 5) is 20.0. The number of nitrogens with one attached hydrogen (secondary N) is 1.